The van der Waals surface area contributed by atoms with E-state index in [9.17, 15) is 9.18 Å². The van der Waals surface area contributed by atoms with Gasteiger partial charge in [0.1, 0.15) is 17.9 Å². The minimum atomic E-state index is -0.459. The van der Waals surface area contributed by atoms with Crippen LogP contribution in [0.1, 0.15) is 25.8 Å². The molecule has 0 aliphatic carbocycles. The van der Waals surface area contributed by atoms with Gasteiger partial charge in [-0.15, -0.1) is 0 Å². The molecule has 1 aromatic heterocycles. The molecule has 12 heteroatoms. The molecule has 216 valence electrons. The fourth-order valence-corrected chi connectivity index (χ4v) is 5.57. The zero-order valence-electron chi connectivity index (χ0n) is 23.8. The maximum Gasteiger partial charge on any atom is 0.247 e. The van der Waals surface area contributed by atoms with Gasteiger partial charge in [-0.3, -0.25) is 4.79 Å². The van der Waals surface area contributed by atoms with Crippen LogP contribution in [0.4, 0.5) is 39.0 Å². The third-order valence-electron chi connectivity index (χ3n) is 7.65. The van der Waals surface area contributed by atoms with E-state index in [2.05, 4.69) is 56.1 Å². The van der Waals surface area contributed by atoms with E-state index in [4.69, 9.17) is 16.3 Å². The number of hydrogen-bond acceptors (Lipinski definition) is 9. The molecule has 41 heavy (non-hydrogen) atoms. The summed E-state index contributed by atoms with van der Waals surface area (Å²) in [6.07, 6.45) is 3.65. The molecule has 10 nitrogen and oxygen atoms in total. The van der Waals surface area contributed by atoms with Crippen molar-refractivity contribution in [3.63, 3.8) is 0 Å². The maximum absolute atomic E-state index is 14.3. The van der Waals surface area contributed by atoms with E-state index in [0.29, 0.717) is 35.7 Å². The van der Waals surface area contributed by atoms with E-state index >= 15 is 0 Å². The number of nitrogens with one attached hydrogen (secondary N) is 2. The Kier molecular flexibility index (Phi) is 7.76. The molecule has 2 N–H and O–H groups in total. The first-order valence-electron chi connectivity index (χ1n) is 13.3. The Balaban J connectivity index is 1.48. The van der Waals surface area contributed by atoms with Crippen LogP contribution in [0.2, 0.25) is 5.02 Å². The van der Waals surface area contributed by atoms with Gasteiger partial charge in [-0.25, -0.2) is 14.4 Å². The van der Waals surface area contributed by atoms with Crippen molar-refractivity contribution in [2.45, 2.75) is 31.7 Å². The zero-order valence-corrected chi connectivity index (χ0v) is 24.6. The quantitative estimate of drug-likeness (QED) is 0.352. The molecule has 0 spiro atoms. The molecule has 1 fully saturated rings. The summed E-state index contributed by atoms with van der Waals surface area (Å²) in [4.78, 5) is 32.1. The standard InChI is InChI=1S/C29H34ClFN8O2/c1-7-26(40)34-21-12-22(25(41-6)13-24(21)38-9-8-17(14-38)37(4)5)35-27-32-16-33-28(36-27)39-15-29(2,3)18-10-20(31)19(30)11-23(18)39/h7,10-13,16-17H,1,8-9,14-15H2,2-6H3,(H,34,40)(H,32,33,35,36)/t17-/m1/s1. The molecular weight excluding hydrogens is 547 g/mol. The largest absolute Gasteiger partial charge is 0.494 e. The second kappa shape index (κ2) is 11.1. The Bertz CT molecular complexity index is 1500. The van der Waals surface area contributed by atoms with Gasteiger partial charge in [0, 0.05) is 42.8 Å². The summed E-state index contributed by atoms with van der Waals surface area (Å²) in [6.45, 7) is 9.85. The first-order chi connectivity index (χ1) is 19.5. The lowest BCUT2D eigenvalue weighted by atomic mass is 9.87. The Morgan fingerprint density at radius 1 is 1.22 bits per heavy atom. The molecule has 0 saturated carbocycles. The van der Waals surface area contributed by atoms with Gasteiger partial charge in [-0.1, -0.05) is 32.0 Å². The number of methoxy groups -OCH3 is 1. The second-order valence-corrected chi connectivity index (χ2v) is 11.5. The second-order valence-electron chi connectivity index (χ2n) is 11.1. The molecule has 5 rings (SSSR count). The molecular formula is C29H34ClFN8O2. The van der Waals surface area contributed by atoms with Gasteiger partial charge >= 0.3 is 0 Å². The number of carbonyl (C=O) groups is 1. The number of carbonyl (C=O) groups excluding carboxylic acids is 1. The average molecular weight is 581 g/mol. The lowest BCUT2D eigenvalue weighted by molar-refractivity contribution is -0.111. The van der Waals surface area contributed by atoms with E-state index < -0.39 is 5.82 Å². The summed E-state index contributed by atoms with van der Waals surface area (Å²) < 4.78 is 20.0. The van der Waals surface area contributed by atoms with Crippen LogP contribution in [0, 0.1) is 5.82 Å². The van der Waals surface area contributed by atoms with Crippen molar-refractivity contribution in [1.29, 1.82) is 0 Å². The highest BCUT2D eigenvalue weighted by molar-refractivity contribution is 6.31. The minimum Gasteiger partial charge on any atom is -0.494 e. The summed E-state index contributed by atoms with van der Waals surface area (Å²) in [7, 11) is 5.73. The maximum atomic E-state index is 14.3. The van der Waals surface area contributed by atoms with E-state index in [1.807, 2.05) is 24.8 Å². The average Bonchev–Trinajstić information content (AvgIpc) is 3.53. The molecule has 3 aromatic rings. The van der Waals surface area contributed by atoms with Gasteiger partial charge in [0.15, 0.2) is 0 Å². The molecule has 2 aliphatic heterocycles. The third-order valence-corrected chi connectivity index (χ3v) is 7.94. The predicted molar refractivity (Wildman–Crippen MR) is 161 cm³/mol. The number of fused-ring (bicyclic) bond motifs is 1. The van der Waals surface area contributed by atoms with Crippen LogP contribution < -0.4 is 25.2 Å². The van der Waals surface area contributed by atoms with Crippen LogP contribution in [0.5, 0.6) is 5.75 Å². The van der Waals surface area contributed by atoms with Crippen molar-refractivity contribution < 1.29 is 13.9 Å². The molecule has 0 unspecified atom stereocenters. The normalized spacial score (nSPS) is 17.5. The third kappa shape index (κ3) is 5.64. The van der Waals surface area contributed by atoms with E-state index in [0.717, 1.165) is 36.4 Å². The van der Waals surface area contributed by atoms with Crippen LogP contribution >= 0.6 is 11.6 Å². The van der Waals surface area contributed by atoms with Gasteiger partial charge in [-0.2, -0.15) is 4.98 Å². The van der Waals surface area contributed by atoms with Crippen molar-refractivity contribution in [3.05, 3.63) is 59.7 Å². The fourth-order valence-electron chi connectivity index (χ4n) is 5.41. The van der Waals surface area contributed by atoms with Gasteiger partial charge in [0.25, 0.3) is 0 Å². The molecule has 3 heterocycles. The number of rotatable bonds is 8. The van der Waals surface area contributed by atoms with Crippen LogP contribution in [0.15, 0.2) is 43.2 Å². The van der Waals surface area contributed by atoms with Gasteiger partial charge < -0.3 is 30.1 Å². The number of amides is 1. The highest BCUT2D eigenvalue weighted by atomic mass is 35.5. The predicted octanol–water partition coefficient (Wildman–Crippen LogP) is 5.11. The number of hydrogen-bond donors (Lipinski definition) is 2. The molecule has 0 bridgehead atoms. The fraction of sp³-hybridized carbons (Fsp3) is 0.379. The van der Waals surface area contributed by atoms with Crippen LogP contribution in [0.25, 0.3) is 0 Å². The number of aromatic nitrogens is 3. The molecule has 2 aromatic carbocycles. The van der Waals surface area contributed by atoms with Gasteiger partial charge in [-0.05, 0) is 50.4 Å². The minimum absolute atomic E-state index is 0.0349. The lowest BCUT2D eigenvalue weighted by Crippen LogP contribution is -2.31. The zero-order chi connectivity index (χ0) is 29.5. The summed E-state index contributed by atoms with van der Waals surface area (Å²) in [5, 5.41) is 6.19. The summed E-state index contributed by atoms with van der Waals surface area (Å²) in [5.41, 5.74) is 3.24. The SMILES string of the molecule is C=CC(=O)Nc1cc(Nc2ncnc(N3CC(C)(C)c4cc(F)c(Cl)cc43)n2)c(OC)cc1N1CC[C@@H](N(C)C)C1. The molecule has 0 radical (unpaired) electrons. The Hall–Kier alpha value is -3.96. The van der Waals surface area contributed by atoms with Crippen LogP contribution in [-0.4, -0.2) is 72.6 Å². The topological polar surface area (TPSA) is 98.7 Å². The van der Waals surface area contributed by atoms with E-state index in [1.54, 1.807) is 19.2 Å². The highest BCUT2D eigenvalue weighted by Crippen LogP contribution is 2.45. The first kappa shape index (κ1) is 28.6. The summed E-state index contributed by atoms with van der Waals surface area (Å²) >= 11 is 6.13. The summed E-state index contributed by atoms with van der Waals surface area (Å²) in [5.74, 6) is 0.440. The Labute approximate surface area is 244 Å². The number of ether oxygens (including phenoxy) is 1. The van der Waals surface area contributed by atoms with Crippen molar-refractivity contribution in [1.82, 2.24) is 19.9 Å². The van der Waals surface area contributed by atoms with Gasteiger partial charge in [0.2, 0.25) is 17.8 Å². The highest BCUT2D eigenvalue weighted by Gasteiger charge is 2.38. The van der Waals surface area contributed by atoms with Crippen molar-refractivity contribution in [2.75, 3.05) is 61.3 Å². The monoisotopic (exact) mass is 580 g/mol. The smallest absolute Gasteiger partial charge is 0.247 e. The van der Waals surface area contributed by atoms with E-state index in [1.165, 1.54) is 18.5 Å². The van der Waals surface area contributed by atoms with Crippen LogP contribution in [0.3, 0.4) is 0 Å². The van der Waals surface area contributed by atoms with Crippen molar-refractivity contribution >= 4 is 52.2 Å². The first-order valence-corrected chi connectivity index (χ1v) is 13.7. The Morgan fingerprint density at radius 2 is 2.00 bits per heavy atom. The molecule has 2 aliphatic rings. The van der Waals surface area contributed by atoms with Gasteiger partial charge in [0.05, 0.1) is 29.2 Å². The number of halogens is 2. The molecule has 1 atom stereocenters. The van der Waals surface area contributed by atoms with E-state index in [-0.39, 0.29) is 22.3 Å². The van der Waals surface area contributed by atoms with Crippen LogP contribution in [-0.2, 0) is 10.2 Å². The van der Waals surface area contributed by atoms with Crippen molar-refractivity contribution in [3.8, 4) is 5.75 Å². The summed E-state index contributed by atoms with van der Waals surface area (Å²) in [6, 6.07) is 7.19. The van der Waals surface area contributed by atoms with Crippen molar-refractivity contribution in [2.24, 2.45) is 0 Å². The molecule has 1 amide bonds. The number of likely N-dealkylation sites (N-methyl/N-ethyl adjacent to an activating group) is 1. The Morgan fingerprint density at radius 3 is 2.68 bits per heavy atom. The molecule has 1 saturated heterocycles. The number of benzene rings is 2. The number of nitrogens with zero attached hydrogens (tertiary/aromatic N) is 6. The number of anilines is 6. The lowest BCUT2D eigenvalue weighted by Gasteiger charge is -2.25.